The lowest BCUT2D eigenvalue weighted by molar-refractivity contribution is 0.0898. The average Bonchev–Trinajstić information content (AvgIpc) is 2.30. The fourth-order valence-electron chi connectivity index (χ4n) is 2.97. The molecular formula is C15H24N2. The Kier molecular flexibility index (Phi) is 4.19. The second kappa shape index (κ2) is 5.65. The first-order valence-electron chi connectivity index (χ1n) is 6.59. The van der Waals surface area contributed by atoms with Crippen molar-refractivity contribution in [2.45, 2.75) is 25.9 Å². The van der Waals surface area contributed by atoms with E-state index in [2.05, 4.69) is 61.2 Å². The van der Waals surface area contributed by atoms with Crippen LogP contribution in [0, 0.1) is 5.92 Å². The lowest BCUT2D eigenvalue weighted by Crippen LogP contribution is -2.47. The fraction of sp³-hybridized carbons (Fsp3) is 0.600. The van der Waals surface area contributed by atoms with Gasteiger partial charge in [-0.1, -0.05) is 37.3 Å². The van der Waals surface area contributed by atoms with Crippen LogP contribution in [0.25, 0.3) is 0 Å². The minimum absolute atomic E-state index is 0.752. The molecule has 94 valence electrons. The number of benzene rings is 1. The number of rotatable bonds is 3. The summed E-state index contributed by atoms with van der Waals surface area (Å²) in [5, 5.41) is 0. The molecule has 0 bridgehead atoms. The van der Waals surface area contributed by atoms with Crippen LogP contribution in [-0.2, 0) is 6.54 Å². The maximum absolute atomic E-state index is 2.58. The summed E-state index contributed by atoms with van der Waals surface area (Å²) in [6.45, 7) is 5.92. The van der Waals surface area contributed by atoms with Gasteiger partial charge in [0, 0.05) is 19.1 Å². The number of hydrogen-bond donors (Lipinski definition) is 0. The minimum Gasteiger partial charge on any atom is -0.306 e. The zero-order chi connectivity index (χ0) is 12.3. The molecule has 0 spiro atoms. The molecule has 2 heteroatoms. The quantitative estimate of drug-likeness (QED) is 0.790. The highest BCUT2D eigenvalue weighted by molar-refractivity contribution is 5.14. The molecule has 1 saturated heterocycles. The van der Waals surface area contributed by atoms with Crippen molar-refractivity contribution in [1.82, 2.24) is 9.80 Å². The van der Waals surface area contributed by atoms with E-state index in [0.29, 0.717) is 0 Å². The molecule has 0 aromatic heterocycles. The van der Waals surface area contributed by atoms with Gasteiger partial charge < -0.3 is 4.90 Å². The van der Waals surface area contributed by atoms with E-state index in [9.17, 15) is 0 Å². The van der Waals surface area contributed by atoms with Gasteiger partial charge in [-0.3, -0.25) is 4.90 Å². The van der Waals surface area contributed by atoms with E-state index in [-0.39, 0.29) is 0 Å². The average molecular weight is 232 g/mol. The van der Waals surface area contributed by atoms with E-state index in [1.165, 1.54) is 25.1 Å². The van der Waals surface area contributed by atoms with Crippen molar-refractivity contribution in [1.29, 1.82) is 0 Å². The summed E-state index contributed by atoms with van der Waals surface area (Å²) in [4.78, 5) is 4.96. The molecule has 1 aliphatic heterocycles. The highest BCUT2D eigenvalue weighted by atomic mass is 15.2. The van der Waals surface area contributed by atoms with Crippen molar-refractivity contribution in [3.05, 3.63) is 35.9 Å². The molecule has 2 atom stereocenters. The van der Waals surface area contributed by atoms with Crippen LogP contribution in [0.3, 0.4) is 0 Å². The van der Waals surface area contributed by atoms with E-state index in [4.69, 9.17) is 0 Å². The first-order valence-corrected chi connectivity index (χ1v) is 6.59. The van der Waals surface area contributed by atoms with Gasteiger partial charge in [-0.15, -0.1) is 0 Å². The molecule has 0 aliphatic carbocycles. The van der Waals surface area contributed by atoms with Crippen LogP contribution < -0.4 is 0 Å². The zero-order valence-corrected chi connectivity index (χ0v) is 11.3. The van der Waals surface area contributed by atoms with Crippen LogP contribution in [0.5, 0.6) is 0 Å². The molecular weight excluding hydrogens is 208 g/mol. The van der Waals surface area contributed by atoms with Crippen LogP contribution >= 0.6 is 0 Å². The van der Waals surface area contributed by atoms with Crippen LogP contribution in [0.4, 0.5) is 0 Å². The van der Waals surface area contributed by atoms with Crippen molar-refractivity contribution in [2.24, 2.45) is 5.92 Å². The lowest BCUT2D eigenvalue weighted by Gasteiger charge is -2.40. The van der Waals surface area contributed by atoms with Gasteiger partial charge in [-0.2, -0.15) is 0 Å². The molecule has 2 rings (SSSR count). The Bertz CT molecular complexity index is 334. The molecule has 1 aromatic carbocycles. The summed E-state index contributed by atoms with van der Waals surface area (Å²) in [5.41, 5.74) is 1.43. The van der Waals surface area contributed by atoms with Crippen LogP contribution in [-0.4, -0.2) is 43.0 Å². The predicted octanol–water partition coefficient (Wildman–Crippen LogP) is 2.46. The van der Waals surface area contributed by atoms with Gasteiger partial charge in [0.05, 0.1) is 0 Å². The van der Waals surface area contributed by atoms with E-state index >= 15 is 0 Å². The number of nitrogens with zero attached hydrogens (tertiary/aromatic N) is 2. The Hall–Kier alpha value is -0.860. The second-order valence-electron chi connectivity index (χ2n) is 5.52. The topological polar surface area (TPSA) is 6.48 Å². The van der Waals surface area contributed by atoms with Crippen LogP contribution in [0.15, 0.2) is 30.3 Å². The first-order chi connectivity index (χ1) is 8.16. The third kappa shape index (κ3) is 3.30. The Morgan fingerprint density at radius 2 is 1.94 bits per heavy atom. The van der Waals surface area contributed by atoms with Crippen molar-refractivity contribution >= 4 is 0 Å². The number of hydrogen-bond acceptors (Lipinski definition) is 2. The van der Waals surface area contributed by atoms with E-state index in [0.717, 1.165) is 18.5 Å². The maximum atomic E-state index is 2.58. The van der Waals surface area contributed by atoms with Gasteiger partial charge in [-0.25, -0.2) is 0 Å². The van der Waals surface area contributed by atoms with Gasteiger partial charge in [0.15, 0.2) is 0 Å². The summed E-state index contributed by atoms with van der Waals surface area (Å²) in [7, 11) is 4.40. The zero-order valence-electron chi connectivity index (χ0n) is 11.3. The summed E-state index contributed by atoms with van der Waals surface area (Å²) in [5.74, 6) is 0.766. The van der Waals surface area contributed by atoms with Gasteiger partial charge in [0.2, 0.25) is 0 Å². The first kappa shape index (κ1) is 12.6. The van der Waals surface area contributed by atoms with Gasteiger partial charge >= 0.3 is 0 Å². The second-order valence-corrected chi connectivity index (χ2v) is 5.52. The SMILES string of the molecule is CC1CN(Cc2ccccc2)CCC1N(C)C. The molecule has 0 amide bonds. The van der Waals surface area contributed by atoms with Crippen LogP contribution in [0.2, 0.25) is 0 Å². The molecule has 17 heavy (non-hydrogen) atoms. The van der Waals surface area contributed by atoms with E-state index < -0.39 is 0 Å². The highest BCUT2D eigenvalue weighted by Gasteiger charge is 2.27. The van der Waals surface area contributed by atoms with Crippen LogP contribution in [0.1, 0.15) is 18.9 Å². The Morgan fingerprint density at radius 1 is 1.24 bits per heavy atom. The van der Waals surface area contributed by atoms with E-state index in [1.54, 1.807) is 0 Å². The molecule has 0 radical (unpaired) electrons. The molecule has 2 nitrogen and oxygen atoms in total. The summed E-state index contributed by atoms with van der Waals surface area (Å²) in [6.07, 6.45) is 1.29. The number of piperidine rings is 1. The van der Waals surface area contributed by atoms with Crippen molar-refractivity contribution in [3.63, 3.8) is 0 Å². The van der Waals surface area contributed by atoms with E-state index in [1.807, 2.05) is 0 Å². The Morgan fingerprint density at radius 3 is 2.53 bits per heavy atom. The molecule has 1 aliphatic rings. The summed E-state index contributed by atoms with van der Waals surface area (Å²) in [6, 6.07) is 11.5. The normalized spacial score (nSPS) is 26.4. The van der Waals surface area contributed by atoms with Crippen molar-refractivity contribution < 1.29 is 0 Å². The summed E-state index contributed by atoms with van der Waals surface area (Å²) >= 11 is 0. The summed E-state index contributed by atoms with van der Waals surface area (Å²) < 4.78 is 0. The minimum atomic E-state index is 0.752. The monoisotopic (exact) mass is 232 g/mol. The Balaban J connectivity index is 1.90. The third-order valence-electron chi connectivity index (χ3n) is 3.86. The Labute approximate surface area is 105 Å². The fourth-order valence-corrected chi connectivity index (χ4v) is 2.97. The standard InChI is InChI=1S/C15H24N2/c1-13-11-17(10-9-15(13)16(2)3)12-14-7-5-4-6-8-14/h4-8,13,15H,9-12H2,1-3H3. The molecule has 0 N–H and O–H groups in total. The largest absolute Gasteiger partial charge is 0.306 e. The predicted molar refractivity (Wildman–Crippen MR) is 73.0 cm³/mol. The number of likely N-dealkylation sites (tertiary alicyclic amines) is 1. The van der Waals surface area contributed by atoms with Crippen molar-refractivity contribution in [2.75, 3.05) is 27.2 Å². The highest BCUT2D eigenvalue weighted by Crippen LogP contribution is 2.21. The lowest BCUT2D eigenvalue weighted by atomic mass is 9.93. The molecule has 2 unspecified atom stereocenters. The smallest absolute Gasteiger partial charge is 0.0233 e. The van der Waals surface area contributed by atoms with Gasteiger partial charge in [-0.05, 0) is 38.5 Å². The van der Waals surface area contributed by atoms with Gasteiger partial charge in [0.1, 0.15) is 0 Å². The van der Waals surface area contributed by atoms with Gasteiger partial charge in [0.25, 0.3) is 0 Å². The molecule has 1 heterocycles. The molecule has 1 aromatic rings. The van der Waals surface area contributed by atoms with Crippen molar-refractivity contribution in [3.8, 4) is 0 Å². The molecule has 0 saturated carbocycles. The molecule has 1 fully saturated rings. The maximum Gasteiger partial charge on any atom is 0.0233 e. The third-order valence-corrected chi connectivity index (χ3v) is 3.86.